The average molecular weight is 508 g/mol. The van der Waals surface area contributed by atoms with E-state index in [9.17, 15) is 0 Å². The van der Waals surface area contributed by atoms with Crippen LogP contribution in [-0.4, -0.2) is 36.1 Å². The Bertz CT molecular complexity index is 1350. The van der Waals surface area contributed by atoms with E-state index in [2.05, 4.69) is 97.0 Å². The Labute approximate surface area is 227 Å². The first-order valence-corrected chi connectivity index (χ1v) is 13.9. The van der Waals surface area contributed by atoms with Gasteiger partial charge in [0.2, 0.25) is 5.95 Å². The van der Waals surface area contributed by atoms with Gasteiger partial charge in [-0.25, -0.2) is 4.98 Å². The van der Waals surface area contributed by atoms with Crippen molar-refractivity contribution in [2.75, 3.05) is 24.3 Å². The molecule has 2 N–H and O–H groups in total. The van der Waals surface area contributed by atoms with Crippen LogP contribution in [0.4, 0.5) is 11.8 Å². The van der Waals surface area contributed by atoms with Crippen molar-refractivity contribution >= 4 is 22.7 Å². The standard InChI is InChI=1S/C33H41N5/c1-33(2,3)26-16-14-25(15-17-26)24-12-10-23(11-13-24)22-34-27-18-20-28(21-19-27)35-32-36-30-9-7-6-8-29(30)31(37-32)38(4)5/h6-17,27-28,34H,18-22H2,1-5H3,(H,35,36,37)/t27-,28+. The van der Waals surface area contributed by atoms with Gasteiger partial charge in [0.05, 0.1) is 5.52 Å². The number of para-hydroxylation sites is 1. The minimum atomic E-state index is 0.184. The molecule has 0 unspecified atom stereocenters. The molecule has 0 radical (unpaired) electrons. The SMILES string of the molecule is CN(C)c1nc(N[C@H]2CC[C@@H](NCc3ccc(-c4ccc(C(C)(C)C)cc4)cc3)CC2)nc2ccccc12. The van der Waals surface area contributed by atoms with Gasteiger partial charge in [-0.1, -0.05) is 81.4 Å². The third-order valence-corrected chi connectivity index (χ3v) is 7.70. The normalized spacial score (nSPS) is 17.9. The first-order valence-electron chi connectivity index (χ1n) is 13.9. The van der Waals surface area contributed by atoms with E-state index in [1.807, 2.05) is 26.2 Å². The molecule has 0 saturated heterocycles. The van der Waals surface area contributed by atoms with Crippen molar-refractivity contribution in [2.24, 2.45) is 0 Å². The van der Waals surface area contributed by atoms with E-state index in [0.717, 1.165) is 54.9 Å². The number of fused-ring (bicyclic) bond motifs is 1. The first kappa shape index (κ1) is 26.2. The molecule has 0 amide bonds. The van der Waals surface area contributed by atoms with Gasteiger partial charge in [-0.3, -0.25) is 0 Å². The summed E-state index contributed by atoms with van der Waals surface area (Å²) in [5.41, 5.74) is 6.42. The van der Waals surface area contributed by atoms with Crippen LogP contribution >= 0.6 is 0 Å². The van der Waals surface area contributed by atoms with Crippen LogP contribution in [0.15, 0.2) is 72.8 Å². The summed E-state index contributed by atoms with van der Waals surface area (Å²) in [6.07, 6.45) is 4.55. The molecule has 1 aromatic heterocycles. The number of rotatable bonds is 7. The average Bonchev–Trinajstić information content (AvgIpc) is 2.92. The Morgan fingerprint density at radius 1 is 0.763 bits per heavy atom. The second-order valence-electron chi connectivity index (χ2n) is 11.9. The van der Waals surface area contributed by atoms with Gasteiger partial charge < -0.3 is 15.5 Å². The predicted octanol–water partition coefficient (Wildman–Crippen LogP) is 7.17. The van der Waals surface area contributed by atoms with Gasteiger partial charge in [-0.05, 0) is 65.5 Å². The summed E-state index contributed by atoms with van der Waals surface area (Å²) in [6, 6.07) is 27.2. The van der Waals surface area contributed by atoms with Crippen molar-refractivity contribution in [1.29, 1.82) is 0 Å². The lowest BCUT2D eigenvalue weighted by atomic mass is 9.86. The molecule has 1 aliphatic carbocycles. The molecule has 5 nitrogen and oxygen atoms in total. The lowest BCUT2D eigenvalue weighted by molar-refractivity contribution is 0.352. The molecule has 0 aliphatic heterocycles. The molecule has 4 aromatic rings. The summed E-state index contributed by atoms with van der Waals surface area (Å²) in [6.45, 7) is 7.68. The second kappa shape index (κ2) is 11.1. The molecule has 1 heterocycles. The van der Waals surface area contributed by atoms with Crippen LogP contribution in [-0.2, 0) is 12.0 Å². The number of aromatic nitrogens is 2. The third-order valence-electron chi connectivity index (χ3n) is 7.70. The maximum atomic E-state index is 4.82. The summed E-state index contributed by atoms with van der Waals surface area (Å²) in [4.78, 5) is 11.7. The number of anilines is 2. The topological polar surface area (TPSA) is 53.1 Å². The number of nitrogens with zero attached hydrogens (tertiary/aromatic N) is 3. The minimum Gasteiger partial charge on any atom is -0.362 e. The van der Waals surface area contributed by atoms with Crippen LogP contribution in [0.5, 0.6) is 0 Å². The van der Waals surface area contributed by atoms with Gasteiger partial charge in [-0.2, -0.15) is 4.98 Å². The van der Waals surface area contributed by atoms with Crippen molar-refractivity contribution < 1.29 is 0 Å². The molecule has 1 saturated carbocycles. The van der Waals surface area contributed by atoms with E-state index in [0.29, 0.717) is 12.1 Å². The maximum Gasteiger partial charge on any atom is 0.225 e. The molecule has 5 rings (SSSR count). The minimum absolute atomic E-state index is 0.184. The molecule has 5 heteroatoms. The zero-order valence-corrected chi connectivity index (χ0v) is 23.5. The lowest BCUT2D eigenvalue weighted by Crippen LogP contribution is -2.37. The van der Waals surface area contributed by atoms with Gasteiger partial charge >= 0.3 is 0 Å². The predicted molar refractivity (Wildman–Crippen MR) is 161 cm³/mol. The highest BCUT2D eigenvalue weighted by Crippen LogP contribution is 2.28. The van der Waals surface area contributed by atoms with Crippen LogP contribution < -0.4 is 15.5 Å². The maximum absolute atomic E-state index is 4.82. The summed E-state index contributed by atoms with van der Waals surface area (Å²) < 4.78 is 0. The Balaban J connectivity index is 1.12. The molecule has 0 atom stereocenters. The summed E-state index contributed by atoms with van der Waals surface area (Å²) in [7, 11) is 4.07. The van der Waals surface area contributed by atoms with Crippen LogP contribution in [0.2, 0.25) is 0 Å². The zero-order valence-electron chi connectivity index (χ0n) is 23.5. The fourth-order valence-corrected chi connectivity index (χ4v) is 5.33. The van der Waals surface area contributed by atoms with E-state index in [1.54, 1.807) is 0 Å². The van der Waals surface area contributed by atoms with E-state index in [4.69, 9.17) is 9.97 Å². The summed E-state index contributed by atoms with van der Waals surface area (Å²) in [5, 5.41) is 8.49. The molecular weight excluding hydrogens is 466 g/mol. The number of nitrogens with one attached hydrogen (secondary N) is 2. The first-order chi connectivity index (χ1) is 18.3. The van der Waals surface area contributed by atoms with E-state index in [1.165, 1.54) is 22.3 Å². The van der Waals surface area contributed by atoms with Crippen molar-refractivity contribution in [3.8, 4) is 11.1 Å². The quantitative estimate of drug-likeness (QED) is 0.278. The van der Waals surface area contributed by atoms with Gasteiger partial charge in [0.15, 0.2) is 0 Å². The van der Waals surface area contributed by atoms with Gasteiger partial charge in [0.1, 0.15) is 5.82 Å². The monoisotopic (exact) mass is 507 g/mol. The van der Waals surface area contributed by atoms with E-state index in [-0.39, 0.29) is 5.41 Å². The van der Waals surface area contributed by atoms with Gasteiger partial charge in [0, 0.05) is 38.1 Å². The Kier molecular flexibility index (Phi) is 7.66. The highest BCUT2D eigenvalue weighted by Gasteiger charge is 2.22. The van der Waals surface area contributed by atoms with Crippen LogP contribution in [0.1, 0.15) is 57.6 Å². The van der Waals surface area contributed by atoms with Gasteiger partial charge in [0.25, 0.3) is 0 Å². The third kappa shape index (κ3) is 6.16. The van der Waals surface area contributed by atoms with Crippen LogP contribution in [0, 0.1) is 0 Å². The highest BCUT2D eigenvalue weighted by molar-refractivity contribution is 5.90. The van der Waals surface area contributed by atoms with E-state index < -0.39 is 0 Å². The van der Waals surface area contributed by atoms with Crippen molar-refractivity contribution in [3.63, 3.8) is 0 Å². The molecule has 198 valence electrons. The largest absolute Gasteiger partial charge is 0.362 e. The Morgan fingerprint density at radius 3 is 2.00 bits per heavy atom. The molecular formula is C33H41N5. The van der Waals surface area contributed by atoms with Crippen molar-refractivity contribution in [1.82, 2.24) is 15.3 Å². The summed E-state index contributed by atoms with van der Waals surface area (Å²) >= 11 is 0. The lowest BCUT2D eigenvalue weighted by Gasteiger charge is -2.30. The molecule has 3 aromatic carbocycles. The van der Waals surface area contributed by atoms with Crippen LogP contribution in [0.3, 0.4) is 0 Å². The van der Waals surface area contributed by atoms with Crippen LogP contribution in [0.25, 0.3) is 22.0 Å². The van der Waals surface area contributed by atoms with Gasteiger partial charge in [-0.15, -0.1) is 0 Å². The second-order valence-corrected chi connectivity index (χ2v) is 11.9. The molecule has 38 heavy (non-hydrogen) atoms. The zero-order chi connectivity index (χ0) is 26.7. The number of hydrogen-bond acceptors (Lipinski definition) is 5. The van der Waals surface area contributed by atoms with E-state index >= 15 is 0 Å². The molecule has 0 spiro atoms. The molecule has 0 bridgehead atoms. The fraction of sp³-hybridized carbons (Fsp3) is 0.394. The summed E-state index contributed by atoms with van der Waals surface area (Å²) in [5.74, 6) is 1.69. The molecule has 1 fully saturated rings. The van der Waals surface area contributed by atoms with Crippen molar-refractivity contribution in [2.45, 2.75) is 70.5 Å². The molecule has 1 aliphatic rings. The highest BCUT2D eigenvalue weighted by atomic mass is 15.2. The smallest absolute Gasteiger partial charge is 0.225 e. The Hall–Kier alpha value is -3.44. The Morgan fingerprint density at radius 2 is 1.37 bits per heavy atom. The number of hydrogen-bond donors (Lipinski definition) is 2. The number of benzene rings is 3. The fourth-order valence-electron chi connectivity index (χ4n) is 5.33. The van der Waals surface area contributed by atoms with Crippen molar-refractivity contribution in [3.05, 3.63) is 83.9 Å².